The topological polar surface area (TPSA) is 38.5 Å². The molecular formula is C17H30N2O. The van der Waals surface area contributed by atoms with E-state index >= 15 is 0 Å². The Kier molecular flexibility index (Phi) is 7.27. The summed E-state index contributed by atoms with van der Waals surface area (Å²) in [5, 5.41) is 0. The van der Waals surface area contributed by atoms with Gasteiger partial charge < -0.3 is 15.4 Å². The van der Waals surface area contributed by atoms with Crippen molar-refractivity contribution in [1.29, 1.82) is 0 Å². The molecule has 2 N–H and O–H groups in total. The fourth-order valence-corrected chi connectivity index (χ4v) is 2.40. The molecule has 0 aliphatic heterocycles. The molecule has 3 nitrogen and oxygen atoms in total. The normalized spacial score (nSPS) is 10.8. The van der Waals surface area contributed by atoms with E-state index in [0.29, 0.717) is 6.61 Å². The van der Waals surface area contributed by atoms with Gasteiger partial charge in [-0.2, -0.15) is 0 Å². The van der Waals surface area contributed by atoms with Crippen LogP contribution < -0.4 is 15.4 Å². The average molecular weight is 278 g/mol. The summed E-state index contributed by atoms with van der Waals surface area (Å²) in [7, 11) is 0. The molecule has 0 amide bonds. The van der Waals surface area contributed by atoms with E-state index in [9.17, 15) is 0 Å². The first-order valence-corrected chi connectivity index (χ1v) is 7.93. The zero-order valence-corrected chi connectivity index (χ0v) is 13.5. The number of anilines is 2. The Balaban J connectivity index is 2.91. The minimum absolute atomic E-state index is 0.715. The number of para-hydroxylation sites is 1. The third-order valence-corrected chi connectivity index (χ3v) is 3.86. The summed E-state index contributed by atoms with van der Waals surface area (Å²) in [6, 6.07) is 6.09. The molecule has 0 aliphatic carbocycles. The van der Waals surface area contributed by atoms with Gasteiger partial charge in [-0.05, 0) is 31.4 Å². The Bertz CT molecular complexity index is 389. The lowest BCUT2D eigenvalue weighted by Gasteiger charge is -2.29. The van der Waals surface area contributed by atoms with Gasteiger partial charge in [-0.25, -0.2) is 0 Å². The number of ether oxygens (including phenoxy) is 1. The van der Waals surface area contributed by atoms with Crippen LogP contribution in [-0.4, -0.2) is 19.7 Å². The number of hydrogen-bond acceptors (Lipinski definition) is 3. The molecule has 1 rings (SSSR count). The number of nitrogens with two attached hydrogens (primary N) is 1. The fraction of sp³-hybridized carbons (Fsp3) is 0.647. The molecule has 0 radical (unpaired) electrons. The Labute approximate surface area is 124 Å². The highest BCUT2D eigenvalue weighted by molar-refractivity contribution is 5.74. The largest absolute Gasteiger partial charge is 0.491 e. The molecule has 114 valence electrons. The number of nitrogen functional groups attached to an aromatic ring is 1. The van der Waals surface area contributed by atoms with Crippen molar-refractivity contribution >= 4 is 11.4 Å². The van der Waals surface area contributed by atoms with Crippen LogP contribution in [0, 0.1) is 5.92 Å². The highest BCUT2D eigenvalue weighted by Crippen LogP contribution is 2.33. The lowest BCUT2D eigenvalue weighted by Crippen LogP contribution is -2.29. The molecular weight excluding hydrogens is 248 g/mol. The van der Waals surface area contributed by atoms with Crippen molar-refractivity contribution in [2.24, 2.45) is 5.92 Å². The molecule has 0 heterocycles. The van der Waals surface area contributed by atoms with Gasteiger partial charge in [0.1, 0.15) is 5.75 Å². The standard InChI is InChI=1S/C17H30N2O/c1-5-12-20-16-11-9-10-15(17(16)18)19(8-4)13-14(6-2)7-3/h9-11,14H,5-8,12-13,18H2,1-4H3. The van der Waals surface area contributed by atoms with Crippen LogP contribution in [0.25, 0.3) is 0 Å². The Morgan fingerprint density at radius 2 is 1.85 bits per heavy atom. The second-order valence-electron chi connectivity index (χ2n) is 5.26. The van der Waals surface area contributed by atoms with E-state index in [-0.39, 0.29) is 0 Å². The predicted octanol–water partition coefficient (Wildman–Crippen LogP) is 4.32. The highest BCUT2D eigenvalue weighted by atomic mass is 16.5. The van der Waals surface area contributed by atoms with Gasteiger partial charge >= 0.3 is 0 Å². The van der Waals surface area contributed by atoms with Crippen molar-refractivity contribution in [3.8, 4) is 5.75 Å². The minimum atomic E-state index is 0.715. The summed E-state index contributed by atoms with van der Waals surface area (Å²) < 4.78 is 5.73. The van der Waals surface area contributed by atoms with E-state index in [0.717, 1.165) is 42.6 Å². The van der Waals surface area contributed by atoms with Gasteiger partial charge in [-0.1, -0.05) is 39.7 Å². The number of nitrogens with zero attached hydrogens (tertiary/aromatic N) is 1. The highest BCUT2D eigenvalue weighted by Gasteiger charge is 2.15. The average Bonchev–Trinajstić information content (AvgIpc) is 2.48. The van der Waals surface area contributed by atoms with Crippen molar-refractivity contribution in [1.82, 2.24) is 0 Å². The van der Waals surface area contributed by atoms with Crippen LogP contribution in [0.4, 0.5) is 11.4 Å². The van der Waals surface area contributed by atoms with Gasteiger partial charge in [0, 0.05) is 13.1 Å². The molecule has 1 aromatic carbocycles. The van der Waals surface area contributed by atoms with E-state index in [1.165, 1.54) is 12.8 Å². The summed E-state index contributed by atoms with van der Waals surface area (Å²) in [6.07, 6.45) is 3.41. The van der Waals surface area contributed by atoms with Gasteiger partial charge in [-0.15, -0.1) is 0 Å². The SMILES string of the molecule is CCCOc1cccc(N(CC)CC(CC)CC)c1N. The van der Waals surface area contributed by atoms with Crippen LogP contribution in [0.1, 0.15) is 47.0 Å². The maximum atomic E-state index is 6.29. The summed E-state index contributed by atoms with van der Waals surface area (Å²) >= 11 is 0. The molecule has 0 saturated heterocycles. The first kappa shape index (κ1) is 16.7. The Morgan fingerprint density at radius 1 is 1.15 bits per heavy atom. The van der Waals surface area contributed by atoms with Crippen molar-refractivity contribution in [3.05, 3.63) is 18.2 Å². The van der Waals surface area contributed by atoms with Crippen molar-refractivity contribution in [3.63, 3.8) is 0 Å². The molecule has 0 fully saturated rings. The molecule has 0 unspecified atom stereocenters. The van der Waals surface area contributed by atoms with Crippen LogP contribution in [-0.2, 0) is 0 Å². The zero-order chi connectivity index (χ0) is 15.0. The molecule has 0 bridgehead atoms. The lowest BCUT2D eigenvalue weighted by atomic mass is 10.0. The summed E-state index contributed by atoms with van der Waals surface area (Å²) in [6.45, 7) is 11.5. The first-order valence-electron chi connectivity index (χ1n) is 7.93. The molecule has 0 aliphatic rings. The predicted molar refractivity (Wildman–Crippen MR) is 88.6 cm³/mol. The Hall–Kier alpha value is -1.38. The maximum absolute atomic E-state index is 6.29. The van der Waals surface area contributed by atoms with Crippen LogP contribution in [0.5, 0.6) is 5.75 Å². The molecule has 0 spiro atoms. The third kappa shape index (κ3) is 4.32. The smallest absolute Gasteiger partial charge is 0.144 e. The molecule has 0 atom stereocenters. The van der Waals surface area contributed by atoms with Gasteiger partial charge in [0.2, 0.25) is 0 Å². The summed E-state index contributed by atoms with van der Waals surface area (Å²) in [4.78, 5) is 2.37. The molecule has 3 heteroatoms. The minimum Gasteiger partial charge on any atom is -0.491 e. The van der Waals surface area contributed by atoms with E-state index in [1.54, 1.807) is 0 Å². The van der Waals surface area contributed by atoms with Gasteiger partial charge in [0.15, 0.2) is 0 Å². The maximum Gasteiger partial charge on any atom is 0.144 e. The van der Waals surface area contributed by atoms with E-state index in [4.69, 9.17) is 10.5 Å². The molecule has 20 heavy (non-hydrogen) atoms. The van der Waals surface area contributed by atoms with Gasteiger partial charge in [-0.3, -0.25) is 0 Å². The van der Waals surface area contributed by atoms with Crippen LogP contribution in [0.2, 0.25) is 0 Å². The summed E-state index contributed by atoms with van der Waals surface area (Å²) in [5.41, 5.74) is 8.17. The second kappa shape index (κ2) is 8.72. The third-order valence-electron chi connectivity index (χ3n) is 3.86. The molecule has 0 saturated carbocycles. The molecule has 0 aromatic heterocycles. The lowest BCUT2D eigenvalue weighted by molar-refractivity contribution is 0.319. The van der Waals surface area contributed by atoms with Crippen LogP contribution in [0.3, 0.4) is 0 Å². The first-order chi connectivity index (χ1) is 9.67. The Morgan fingerprint density at radius 3 is 2.40 bits per heavy atom. The number of rotatable bonds is 9. The molecule has 1 aromatic rings. The van der Waals surface area contributed by atoms with Gasteiger partial charge in [0.25, 0.3) is 0 Å². The monoisotopic (exact) mass is 278 g/mol. The van der Waals surface area contributed by atoms with Gasteiger partial charge in [0.05, 0.1) is 18.0 Å². The number of hydrogen-bond donors (Lipinski definition) is 1. The fourth-order valence-electron chi connectivity index (χ4n) is 2.40. The van der Waals surface area contributed by atoms with E-state index in [2.05, 4.69) is 38.7 Å². The van der Waals surface area contributed by atoms with E-state index in [1.807, 2.05) is 12.1 Å². The number of benzene rings is 1. The summed E-state index contributed by atoms with van der Waals surface area (Å²) in [5.74, 6) is 1.53. The van der Waals surface area contributed by atoms with Crippen molar-refractivity contribution in [2.45, 2.75) is 47.0 Å². The zero-order valence-electron chi connectivity index (χ0n) is 13.5. The second-order valence-corrected chi connectivity index (χ2v) is 5.26. The van der Waals surface area contributed by atoms with Crippen LogP contribution >= 0.6 is 0 Å². The quantitative estimate of drug-likeness (QED) is 0.684. The van der Waals surface area contributed by atoms with Crippen molar-refractivity contribution in [2.75, 3.05) is 30.3 Å². The van der Waals surface area contributed by atoms with Crippen molar-refractivity contribution < 1.29 is 4.74 Å². The van der Waals surface area contributed by atoms with Crippen LogP contribution in [0.15, 0.2) is 18.2 Å². The van der Waals surface area contributed by atoms with E-state index < -0.39 is 0 Å².